The van der Waals surface area contributed by atoms with Gasteiger partial charge in [-0.25, -0.2) is 0 Å². The Kier molecular flexibility index (Phi) is 7.19. The zero-order chi connectivity index (χ0) is 22.1. The normalized spacial score (nSPS) is 38.4. The second-order valence-electron chi connectivity index (χ2n) is 11.1. The van der Waals surface area contributed by atoms with Crippen LogP contribution >= 0.6 is 0 Å². The molecule has 2 nitrogen and oxygen atoms in total. The summed E-state index contributed by atoms with van der Waals surface area (Å²) < 4.78 is 0. The van der Waals surface area contributed by atoms with Crippen LogP contribution in [0.1, 0.15) is 86.0 Å². The summed E-state index contributed by atoms with van der Waals surface area (Å²) in [5, 5.41) is 20.7. The summed E-state index contributed by atoms with van der Waals surface area (Å²) in [6.45, 7) is 15.2. The molecule has 0 spiro atoms. The van der Waals surface area contributed by atoms with Crippen LogP contribution < -0.4 is 0 Å². The molecule has 3 rings (SSSR count). The molecule has 30 heavy (non-hydrogen) atoms. The maximum absolute atomic E-state index is 10.6. The summed E-state index contributed by atoms with van der Waals surface area (Å²) in [5.74, 6) is 2.04. The van der Waals surface area contributed by atoms with E-state index in [-0.39, 0.29) is 12.0 Å². The molecule has 0 heterocycles. The maximum atomic E-state index is 10.6. The maximum Gasteiger partial charge on any atom is 0.0822 e. The first-order chi connectivity index (χ1) is 14.0. The van der Waals surface area contributed by atoms with Gasteiger partial charge >= 0.3 is 0 Å². The molecule has 3 aliphatic rings. The molecule has 6 atom stereocenters. The minimum absolute atomic E-state index is 0.205. The summed E-state index contributed by atoms with van der Waals surface area (Å²) in [7, 11) is 0. The van der Waals surface area contributed by atoms with Gasteiger partial charge in [-0.3, -0.25) is 0 Å². The Balaban J connectivity index is 1.76. The van der Waals surface area contributed by atoms with E-state index >= 15 is 0 Å². The Morgan fingerprint density at radius 2 is 1.87 bits per heavy atom. The van der Waals surface area contributed by atoms with Crippen LogP contribution in [0.4, 0.5) is 0 Å². The van der Waals surface area contributed by atoms with E-state index in [2.05, 4.69) is 52.5 Å². The van der Waals surface area contributed by atoms with Gasteiger partial charge in [0.05, 0.1) is 11.7 Å². The van der Waals surface area contributed by atoms with Crippen LogP contribution in [0.15, 0.2) is 47.6 Å². The Bertz CT molecular complexity index is 723. The van der Waals surface area contributed by atoms with Crippen LogP contribution in [0.2, 0.25) is 0 Å². The lowest BCUT2D eigenvalue weighted by Gasteiger charge is -2.44. The van der Waals surface area contributed by atoms with E-state index < -0.39 is 5.60 Å². The van der Waals surface area contributed by atoms with Crippen molar-refractivity contribution in [1.82, 2.24) is 0 Å². The zero-order valence-electron chi connectivity index (χ0n) is 20.0. The quantitative estimate of drug-likeness (QED) is 0.490. The number of allylic oxidation sites excluding steroid dienone is 5. The Hall–Kier alpha value is -1.12. The predicted molar refractivity (Wildman–Crippen MR) is 127 cm³/mol. The second kappa shape index (κ2) is 9.17. The third-order valence-electron chi connectivity index (χ3n) is 8.77. The van der Waals surface area contributed by atoms with Crippen molar-refractivity contribution in [3.63, 3.8) is 0 Å². The van der Waals surface area contributed by atoms with Crippen molar-refractivity contribution in [3.8, 4) is 0 Å². The molecule has 3 aliphatic carbocycles. The summed E-state index contributed by atoms with van der Waals surface area (Å²) in [4.78, 5) is 0. The van der Waals surface area contributed by atoms with Crippen molar-refractivity contribution in [2.75, 3.05) is 0 Å². The van der Waals surface area contributed by atoms with E-state index in [0.717, 1.165) is 19.3 Å². The average molecular weight is 413 g/mol. The van der Waals surface area contributed by atoms with Gasteiger partial charge in [-0.1, -0.05) is 69.7 Å². The lowest BCUT2D eigenvalue weighted by Crippen LogP contribution is -2.36. The Morgan fingerprint density at radius 3 is 2.57 bits per heavy atom. The van der Waals surface area contributed by atoms with Gasteiger partial charge in [-0.15, -0.1) is 0 Å². The van der Waals surface area contributed by atoms with Gasteiger partial charge in [0.15, 0.2) is 0 Å². The molecule has 0 amide bonds. The molecule has 0 aromatic carbocycles. The first-order valence-corrected chi connectivity index (χ1v) is 12.2. The largest absolute Gasteiger partial charge is 0.393 e. The van der Waals surface area contributed by atoms with Crippen LogP contribution in [0.5, 0.6) is 0 Å². The molecule has 0 aliphatic heterocycles. The van der Waals surface area contributed by atoms with Crippen molar-refractivity contribution >= 4 is 0 Å². The molecule has 0 saturated heterocycles. The van der Waals surface area contributed by atoms with E-state index in [1.54, 1.807) is 5.57 Å². The van der Waals surface area contributed by atoms with Crippen molar-refractivity contribution in [2.45, 2.75) is 97.7 Å². The Labute approximate surface area is 184 Å². The highest BCUT2D eigenvalue weighted by molar-refractivity contribution is 5.36. The third-order valence-corrected chi connectivity index (χ3v) is 8.77. The molecule has 3 fully saturated rings. The highest BCUT2D eigenvalue weighted by Crippen LogP contribution is 2.59. The standard InChI is InChI=1S/C28H44O2/c1-19(2)28(6,30)17-15-21(4)25-13-14-26-22(8-7-16-27(25,26)5)10-11-23-18-24(29)12-9-20(23)3/h10-11,15,17,19,21,24-26,29-30H,3,7-9,12-14,16,18H2,1-2,4-6H3/b17-15+,22-10?,23-11?/t21-,24+,25-,26?,27-,28-/m1/s1. The smallest absolute Gasteiger partial charge is 0.0822 e. The fourth-order valence-electron chi connectivity index (χ4n) is 6.21. The first-order valence-electron chi connectivity index (χ1n) is 12.2. The number of rotatable bonds is 5. The minimum Gasteiger partial charge on any atom is -0.393 e. The highest BCUT2D eigenvalue weighted by atomic mass is 16.3. The predicted octanol–water partition coefficient (Wildman–Crippen LogP) is 6.76. The van der Waals surface area contributed by atoms with Crippen molar-refractivity contribution in [1.29, 1.82) is 0 Å². The summed E-state index contributed by atoms with van der Waals surface area (Å²) >= 11 is 0. The SMILES string of the molecule is C=C1CC[C@H](O)CC1=CC=C1CCC[C@@]2(C)C1CC[C@@H]2[C@H](C)/C=C/[C@@](C)(O)C(C)C. The highest BCUT2D eigenvalue weighted by Gasteiger charge is 2.50. The van der Waals surface area contributed by atoms with Crippen molar-refractivity contribution in [3.05, 3.63) is 47.6 Å². The van der Waals surface area contributed by atoms with Crippen LogP contribution in [0, 0.1) is 29.1 Å². The van der Waals surface area contributed by atoms with E-state index in [1.165, 1.54) is 43.3 Å². The summed E-state index contributed by atoms with van der Waals surface area (Å²) in [6.07, 6.45) is 17.6. The molecule has 3 saturated carbocycles. The number of aliphatic hydroxyl groups excluding tert-OH is 1. The molecular weight excluding hydrogens is 368 g/mol. The first kappa shape index (κ1) is 23.5. The van der Waals surface area contributed by atoms with E-state index in [9.17, 15) is 10.2 Å². The molecule has 2 heteroatoms. The second-order valence-corrected chi connectivity index (χ2v) is 11.1. The lowest BCUT2D eigenvalue weighted by atomic mass is 9.61. The fraction of sp³-hybridized carbons (Fsp3) is 0.714. The molecule has 0 bridgehead atoms. The molecule has 0 radical (unpaired) electrons. The van der Waals surface area contributed by atoms with Crippen LogP contribution in [0.3, 0.4) is 0 Å². The van der Waals surface area contributed by atoms with Gasteiger partial charge < -0.3 is 10.2 Å². The third kappa shape index (κ3) is 4.86. The van der Waals surface area contributed by atoms with Crippen LogP contribution in [-0.4, -0.2) is 21.9 Å². The van der Waals surface area contributed by atoms with Crippen molar-refractivity contribution < 1.29 is 10.2 Å². The molecular formula is C28H44O2. The summed E-state index contributed by atoms with van der Waals surface area (Å²) in [6, 6.07) is 0. The van der Waals surface area contributed by atoms with Gasteiger partial charge in [0, 0.05) is 0 Å². The van der Waals surface area contributed by atoms with E-state index in [0.29, 0.717) is 23.2 Å². The lowest BCUT2D eigenvalue weighted by molar-refractivity contribution is 0.0607. The molecule has 0 aromatic rings. The van der Waals surface area contributed by atoms with Gasteiger partial charge in [0.1, 0.15) is 0 Å². The van der Waals surface area contributed by atoms with Crippen LogP contribution in [-0.2, 0) is 0 Å². The minimum atomic E-state index is -0.732. The number of aliphatic hydroxyl groups is 2. The molecule has 1 unspecified atom stereocenters. The average Bonchev–Trinajstić information content (AvgIpc) is 3.04. The van der Waals surface area contributed by atoms with E-state index in [4.69, 9.17) is 0 Å². The fourth-order valence-corrected chi connectivity index (χ4v) is 6.21. The Morgan fingerprint density at radius 1 is 1.13 bits per heavy atom. The summed E-state index contributed by atoms with van der Waals surface area (Å²) in [5.41, 5.74) is 3.67. The monoisotopic (exact) mass is 412 g/mol. The van der Waals surface area contributed by atoms with Crippen LogP contribution in [0.25, 0.3) is 0 Å². The number of hydrogen-bond acceptors (Lipinski definition) is 2. The molecule has 0 aromatic heterocycles. The van der Waals surface area contributed by atoms with E-state index in [1.807, 2.05) is 13.0 Å². The van der Waals surface area contributed by atoms with Gasteiger partial charge in [0.2, 0.25) is 0 Å². The number of fused-ring (bicyclic) bond motifs is 1. The van der Waals surface area contributed by atoms with Gasteiger partial charge in [-0.2, -0.15) is 0 Å². The number of hydrogen-bond donors (Lipinski definition) is 2. The van der Waals surface area contributed by atoms with Crippen molar-refractivity contribution in [2.24, 2.45) is 29.1 Å². The zero-order valence-corrected chi connectivity index (χ0v) is 20.0. The molecule has 168 valence electrons. The van der Waals surface area contributed by atoms with Gasteiger partial charge in [0.25, 0.3) is 0 Å². The molecule has 2 N–H and O–H groups in total. The topological polar surface area (TPSA) is 40.5 Å². The van der Waals surface area contributed by atoms with Gasteiger partial charge in [-0.05, 0) is 93.0 Å².